The van der Waals surface area contributed by atoms with Gasteiger partial charge in [-0.15, -0.1) is 0 Å². The lowest BCUT2D eigenvalue weighted by Crippen LogP contribution is -2.47. The van der Waals surface area contributed by atoms with Crippen molar-refractivity contribution in [3.05, 3.63) is 182 Å². The van der Waals surface area contributed by atoms with E-state index < -0.39 is 14.5 Å². The van der Waals surface area contributed by atoms with Crippen LogP contribution in [0.25, 0.3) is 0 Å². The van der Waals surface area contributed by atoms with Gasteiger partial charge in [-0.1, -0.05) is 109 Å². The van der Waals surface area contributed by atoms with Gasteiger partial charge in [-0.2, -0.15) is 0 Å². The van der Waals surface area contributed by atoms with Crippen molar-refractivity contribution in [2.24, 2.45) is 0 Å². The van der Waals surface area contributed by atoms with Crippen LogP contribution in [0.5, 0.6) is 0 Å². The molecule has 0 aromatic heterocycles. The molecule has 0 saturated heterocycles. The molecule has 6 aromatic rings. The summed E-state index contributed by atoms with van der Waals surface area (Å²) in [5.74, 6) is 0. The molecule has 4 heteroatoms. The highest BCUT2D eigenvalue weighted by molar-refractivity contribution is 8.16. The summed E-state index contributed by atoms with van der Waals surface area (Å²) in [6, 6.07) is 70.0. The van der Waals surface area contributed by atoms with Crippen molar-refractivity contribution in [1.29, 1.82) is 0 Å². The number of hydrogen-bond donors (Lipinski definition) is 0. The minimum absolute atomic E-state index is 0.249. The summed E-state index contributed by atoms with van der Waals surface area (Å²) < 4.78 is 2.79. The van der Waals surface area contributed by atoms with Crippen LogP contribution in [0.2, 0.25) is 0 Å². The summed E-state index contributed by atoms with van der Waals surface area (Å²) in [4.78, 5) is 0. The molecule has 0 radical (unpaired) electrons. The summed E-state index contributed by atoms with van der Waals surface area (Å²) >= 11 is 0. The lowest BCUT2D eigenvalue weighted by molar-refractivity contribution is 0.329. The van der Waals surface area contributed by atoms with E-state index in [4.69, 9.17) is 0 Å². The molecule has 0 heterocycles. The van der Waals surface area contributed by atoms with Gasteiger partial charge in [-0.25, -0.2) is 0 Å². The Hall–Kier alpha value is -3.43. The fourth-order valence-corrected chi connectivity index (χ4v) is 24.7. The average molecular weight is 670 g/mol. The van der Waals surface area contributed by atoms with Gasteiger partial charge in [0.25, 0.3) is 0 Å². The van der Waals surface area contributed by atoms with Crippen LogP contribution in [0.1, 0.15) is 27.7 Å². The van der Waals surface area contributed by atoms with E-state index in [9.17, 15) is 0 Å². The van der Waals surface area contributed by atoms with Gasteiger partial charge in [0.1, 0.15) is 31.8 Å². The first-order chi connectivity index (χ1) is 23.0. The van der Waals surface area contributed by atoms with Crippen LogP contribution in [0, 0.1) is 0 Å². The van der Waals surface area contributed by atoms with Gasteiger partial charge in [-0.05, 0) is 100 Å². The zero-order chi connectivity index (χ0) is 32.7. The predicted molar refractivity (Wildman–Crippen MR) is 215 cm³/mol. The Morgan fingerprint density at radius 3 is 0.702 bits per heavy atom. The van der Waals surface area contributed by atoms with E-state index in [1.54, 1.807) is 0 Å². The molecule has 0 spiro atoms. The maximum Gasteiger partial charge on any atom is 0.223 e. The zero-order valence-electron chi connectivity index (χ0n) is 27.9. The van der Waals surface area contributed by atoms with Crippen LogP contribution in [0.3, 0.4) is 0 Å². The second-order valence-corrected chi connectivity index (χ2v) is 22.3. The Morgan fingerprint density at radius 1 is 0.340 bits per heavy atom. The summed E-state index contributed by atoms with van der Waals surface area (Å²) in [5.41, 5.74) is 0. The van der Waals surface area contributed by atoms with Crippen LogP contribution in [-0.2, 0) is 0 Å². The summed E-state index contributed by atoms with van der Waals surface area (Å²) in [6.45, 7) is 9.52. The minimum atomic E-state index is -2.39. The third kappa shape index (κ3) is 6.41. The number of rotatable bonds is 12. The van der Waals surface area contributed by atoms with Crippen molar-refractivity contribution in [3.63, 3.8) is 0 Å². The maximum absolute atomic E-state index is 2.79. The van der Waals surface area contributed by atoms with Crippen LogP contribution in [-0.4, -0.2) is 21.9 Å². The Bertz CT molecular complexity index is 1470. The first-order valence-corrected chi connectivity index (χ1v) is 21.4. The summed E-state index contributed by atoms with van der Waals surface area (Å²) in [7, 11) is -4.23. The second kappa shape index (κ2) is 15.2. The average Bonchev–Trinajstić information content (AvgIpc) is 3.13. The molecule has 0 aliphatic rings. The van der Waals surface area contributed by atoms with Crippen molar-refractivity contribution in [3.8, 4) is 0 Å². The molecule has 0 fully saturated rings. The largest absolute Gasteiger partial charge is 0.273 e. The van der Waals surface area contributed by atoms with E-state index in [0.717, 1.165) is 0 Å². The van der Waals surface area contributed by atoms with E-state index >= 15 is 0 Å². The third-order valence-electron chi connectivity index (χ3n) is 9.09. The van der Waals surface area contributed by atoms with E-state index in [2.05, 4.69) is 214 Å². The molecule has 0 bridgehead atoms. The van der Waals surface area contributed by atoms with Crippen LogP contribution in [0.4, 0.5) is 0 Å². The molecule has 0 aliphatic heterocycles. The van der Waals surface area contributed by atoms with Gasteiger partial charge < -0.3 is 0 Å². The van der Waals surface area contributed by atoms with Crippen molar-refractivity contribution in [2.75, 3.05) is 0 Å². The van der Waals surface area contributed by atoms with Crippen molar-refractivity contribution >= 4 is 55.1 Å². The van der Waals surface area contributed by atoms with Gasteiger partial charge in [0.15, 0.2) is 14.5 Å². The lowest BCUT2D eigenvalue weighted by atomic mass is 10.3. The number of hydrogen-bond acceptors (Lipinski definition) is 1. The quantitative estimate of drug-likeness (QED) is 0.118. The van der Waals surface area contributed by atoms with Gasteiger partial charge in [-0.3, -0.25) is 4.67 Å². The first kappa shape index (κ1) is 33.5. The van der Waals surface area contributed by atoms with Crippen LogP contribution >= 0.6 is 23.3 Å². The molecule has 236 valence electrons. The molecular formula is C43H46NP3+2. The molecule has 6 aromatic carbocycles. The first-order valence-electron chi connectivity index (χ1n) is 16.7. The standard InChI is InChI=1S/C43H46NP3/c1-35(2)44(36(3)4)45-43(46(37-23-11-5-12-24-37,38-25-13-6-14-26-38)39-27-15-7-16-28-39)47(40-29-17-8-18-30-40,41-31-19-9-20-32-41)42-33-21-10-22-34-42/h5-36,43,45H,1-4H3/q+2. The fraction of sp³-hybridized carbons (Fsp3) is 0.163. The van der Waals surface area contributed by atoms with E-state index in [1.807, 2.05) is 0 Å². The van der Waals surface area contributed by atoms with Crippen molar-refractivity contribution < 1.29 is 0 Å². The topological polar surface area (TPSA) is 3.24 Å². The molecular weight excluding hydrogens is 623 g/mol. The highest BCUT2D eigenvalue weighted by atomic mass is 31.3. The summed E-state index contributed by atoms with van der Waals surface area (Å²) in [5, 5.41) is 8.89. The maximum atomic E-state index is 2.79. The smallest absolute Gasteiger partial charge is 0.223 e. The zero-order valence-corrected chi connectivity index (χ0v) is 30.7. The monoisotopic (exact) mass is 669 g/mol. The number of nitrogens with zero attached hydrogens (tertiary/aromatic N) is 1. The molecule has 1 unspecified atom stereocenters. The van der Waals surface area contributed by atoms with Crippen molar-refractivity contribution in [2.45, 2.75) is 44.9 Å². The highest BCUT2D eigenvalue weighted by Gasteiger charge is 2.69. The predicted octanol–water partition coefficient (Wildman–Crippen LogP) is 8.97. The van der Waals surface area contributed by atoms with Gasteiger partial charge in [0.2, 0.25) is 5.14 Å². The molecule has 6 rings (SSSR count). The highest BCUT2D eigenvalue weighted by Crippen LogP contribution is 2.81. The Labute approximate surface area is 285 Å². The Kier molecular flexibility index (Phi) is 10.8. The molecule has 0 aliphatic carbocycles. The van der Waals surface area contributed by atoms with E-state index in [-0.39, 0.29) is 5.14 Å². The molecule has 0 N–H and O–H groups in total. The normalized spacial score (nSPS) is 12.5. The fourth-order valence-electron chi connectivity index (χ4n) is 7.18. The lowest BCUT2D eigenvalue weighted by Gasteiger charge is -2.44. The molecule has 1 nitrogen and oxygen atoms in total. The van der Waals surface area contributed by atoms with Crippen LogP contribution in [0.15, 0.2) is 182 Å². The number of benzene rings is 6. The minimum Gasteiger partial charge on any atom is -0.273 e. The van der Waals surface area contributed by atoms with Gasteiger partial charge in [0.05, 0.1) is 0 Å². The molecule has 0 saturated carbocycles. The molecule has 1 atom stereocenters. The Balaban J connectivity index is 1.89. The van der Waals surface area contributed by atoms with Crippen LogP contribution < -0.4 is 31.8 Å². The molecule has 47 heavy (non-hydrogen) atoms. The van der Waals surface area contributed by atoms with Gasteiger partial charge in [0, 0.05) is 20.8 Å². The Morgan fingerprint density at radius 2 is 0.532 bits per heavy atom. The van der Waals surface area contributed by atoms with E-state index in [0.29, 0.717) is 20.8 Å². The molecule has 0 amide bonds. The SMILES string of the molecule is CC(C)N(PC([P+](c1ccccc1)(c1ccccc1)c1ccccc1)[P+](c1ccccc1)(c1ccccc1)c1ccccc1)C(C)C. The summed E-state index contributed by atoms with van der Waals surface area (Å²) in [6.07, 6.45) is 0. The second-order valence-electron chi connectivity index (χ2n) is 12.6. The van der Waals surface area contributed by atoms with E-state index in [1.165, 1.54) is 31.8 Å². The third-order valence-corrected chi connectivity index (χ3v) is 23.9. The van der Waals surface area contributed by atoms with Gasteiger partial charge >= 0.3 is 0 Å². The van der Waals surface area contributed by atoms with Crippen molar-refractivity contribution in [1.82, 2.24) is 4.67 Å².